The minimum absolute atomic E-state index is 0.0684. The molecule has 0 bridgehead atoms. The van der Waals surface area contributed by atoms with Gasteiger partial charge in [-0.3, -0.25) is 4.79 Å². The van der Waals surface area contributed by atoms with E-state index in [1.165, 1.54) is 9.87 Å². The van der Waals surface area contributed by atoms with Crippen molar-refractivity contribution in [3.8, 4) is 0 Å². The zero-order valence-corrected chi connectivity index (χ0v) is 17.4. The van der Waals surface area contributed by atoms with Crippen LogP contribution in [0.15, 0.2) is 54.7 Å². The van der Waals surface area contributed by atoms with E-state index in [4.69, 9.17) is 0 Å². The average molecular weight is 417 g/mol. The first-order chi connectivity index (χ1) is 14.0. The minimum Gasteiger partial charge on any atom is -0.355 e. The zero-order chi connectivity index (χ0) is 20.5. The van der Waals surface area contributed by atoms with Crippen molar-refractivity contribution in [3.05, 3.63) is 60.3 Å². The lowest BCUT2D eigenvalue weighted by molar-refractivity contribution is -0.121. The van der Waals surface area contributed by atoms with Crippen molar-refractivity contribution in [3.63, 3.8) is 0 Å². The number of aromatic nitrogens is 1. The van der Waals surface area contributed by atoms with Gasteiger partial charge in [0, 0.05) is 45.3 Å². The molecule has 0 radical (unpaired) electrons. The summed E-state index contributed by atoms with van der Waals surface area (Å²) in [5, 5.41) is 2.73. The van der Waals surface area contributed by atoms with Crippen molar-refractivity contribution >= 4 is 21.7 Å². The van der Waals surface area contributed by atoms with E-state index in [0.717, 1.165) is 18.7 Å². The first-order valence-electron chi connectivity index (χ1n) is 9.99. The van der Waals surface area contributed by atoms with Crippen LogP contribution in [0.1, 0.15) is 18.4 Å². The lowest BCUT2D eigenvalue weighted by Gasteiger charge is -2.34. The Labute approximate surface area is 172 Å². The largest absolute Gasteiger partial charge is 0.355 e. The van der Waals surface area contributed by atoms with Crippen molar-refractivity contribution < 1.29 is 13.2 Å². The first kappa shape index (κ1) is 21.3. The third-order valence-electron chi connectivity index (χ3n) is 5.00. The van der Waals surface area contributed by atoms with Gasteiger partial charge in [0.15, 0.2) is 0 Å². The van der Waals surface area contributed by atoms with Gasteiger partial charge >= 0.3 is 0 Å². The van der Waals surface area contributed by atoms with Gasteiger partial charge in [-0.15, -0.1) is 0 Å². The Morgan fingerprint density at radius 3 is 2.41 bits per heavy atom. The van der Waals surface area contributed by atoms with Gasteiger partial charge in [0.05, 0.1) is 5.75 Å². The number of rotatable bonds is 9. The molecular weight excluding hydrogens is 388 g/mol. The molecule has 8 heteroatoms. The Kier molecular flexibility index (Phi) is 7.60. The van der Waals surface area contributed by atoms with Crippen LogP contribution >= 0.6 is 0 Å². The van der Waals surface area contributed by atoms with Gasteiger partial charge in [0.1, 0.15) is 5.82 Å². The van der Waals surface area contributed by atoms with Crippen LogP contribution in [0.2, 0.25) is 0 Å². The first-order valence-corrected chi connectivity index (χ1v) is 11.6. The van der Waals surface area contributed by atoms with E-state index in [2.05, 4.69) is 15.2 Å². The van der Waals surface area contributed by atoms with Gasteiger partial charge in [-0.1, -0.05) is 36.4 Å². The number of amides is 1. The van der Waals surface area contributed by atoms with E-state index < -0.39 is 10.0 Å². The summed E-state index contributed by atoms with van der Waals surface area (Å²) in [5.41, 5.74) is 1.20. The van der Waals surface area contributed by atoms with Gasteiger partial charge in [-0.05, 0) is 30.5 Å². The topological polar surface area (TPSA) is 82.6 Å². The van der Waals surface area contributed by atoms with Crippen LogP contribution in [-0.2, 0) is 21.2 Å². The molecule has 7 nitrogen and oxygen atoms in total. The average Bonchev–Trinajstić information content (AvgIpc) is 2.75. The molecule has 1 fully saturated rings. The molecule has 0 saturated carbocycles. The van der Waals surface area contributed by atoms with E-state index >= 15 is 0 Å². The number of sulfonamides is 1. The van der Waals surface area contributed by atoms with Gasteiger partial charge in [-0.2, -0.15) is 4.31 Å². The molecule has 0 aliphatic carbocycles. The summed E-state index contributed by atoms with van der Waals surface area (Å²) >= 11 is 0. The highest BCUT2D eigenvalue weighted by atomic mass is 32.2. The number of nitrogens with zero attached hydrogens (tertiary/aromatic N) is 3. The van der Waals surface area contributed by atoms with Crippen molar-refractivity contribution in [2.75, 3.05) is 43.4 Å². The molecule has 0 unspecified atom stereocenters. The fourth-order valence-electron chi connectivity index (χ4n) is 3.37. The SMILES string of the molecule is O=C(CCCc1ccccc1)NCCS(=O)(=O)N1CCN(c2ccccn2)CC1. The number of benzene rings is 1. The Balaban J connectivity index is 1.35. The van der Waals surface area contributed by atoms with Crippen LogP contribution in [0.3, 0.4) is 0 Å². The van der Waals surface area contributed by atoms with E-state index in [1.807, 2.05) is 48.5 Å². The molecule has 1 N–H and O–H groups in total. The number of nitrogens with one attached hydrogen (secondary N) is 1. The zero-order valence-electron chi connectivity index (χ0n) is 16.5. The summed E-state index contributed by atoms with van der Waals surface area (Å²) in [6.07, 6.45) is 3.73. The van der Waals surface area contributed by atoms with Crippen LogP contribution in [0, 0.1) is 0 Å². The maximum absolute atomic E-state index is 12.5. The van der Waals surface area contributed by atoms with Crippen LogP contribution in [0.25, 0.3) is 0 Å². The molecule has 3 rings (SSSR count). The number of hydrogen-bond acceptors (Lipinski definition) is 5. The second kappa shape index (κ2) is 10.4. The number of pyridine rings is 1. The predicted octanol–water partition coefficient (Wildman–Crippen LogP) is 1.67. The number of carbonyl (C=O) groups is 1. The quantitative estimate of drug-likeness (QED) is 0.672. The van der Waals surface area contributed by atoms with E-state index in [-0.39, 0.29) is 18.2 Å². The molecule has 1 saturated heterocycles. The molecule has 0 spiro atoms. The van der Waals surface area contributed by atoms with Crippen molar-refractivity contribution in [2.45, 2.75) is 19.3 Å². The summed E-state index contributed by atoms with van der Waals surface area (Å²) in [6, 6.07) is 15.7. The van der Waals surface area contributed by atoms with Gasteiger partial charge < -0.3 is 10.2 Å². The lowest BCUT2D eigenvalue weighted by atomic mass is 10.1. The third-order valence-corrected chi connectivity index (χ3v) is 6.87. The minimum atomic E-state index is -3.38. The molecule has 156 valence electrons. The summed E-state index contributed by atoms with van der Waals surface area (Å²) in [5.74, 6) is 0.699. The van der Waals surface area contributed by atoms with Crippen LogP contribution in [0.5, 0.6) is 0 Å². The Morgan fingerprint density at radius 1 is 1.00 bits per heavy atom. The van der Waals surface area contributed by atoms with Crippen molar-refractivity contribution in [1.29, 1.82) is 0 Å². The van der Waals surface area contributed by atoms with Gasteiger partial charge in [0.25, 0.3) is 0 Å². The monoisotopic (exact) mass is 416 g/mol. The molecule has 1 amide bonds. The molecule has 2 heterocycles. The second-order valence-corrected chi connectivity index (χ2v) is 9.17. The predicted molar refractivity (Wildman–Crippen MR) is 114 cm³/mol. The third kappa shape index (κ3) is 6.54. The number of hydrogen-bond donors (Lipinski definition) is 1. The Morgan fingerprint density at radius 2 is 1.72 bits per heavy atom. The van der Waals surface area contributed by atoms with Gasteiger partial charge in [0.2, 0.25) is 15.9 Å². The highest BCUT2D eigenvalue weighted by Gasteiger charge is 2.27. The Hall–Kier alpha value is -2.45. The summed E-state index contributed by atoms with van der Waals surface area (Å²) < 4.78 is 26.6. The second-order valence-electron chi connectivity index (χ2n) is 7.08. The number of carbonyl (C=O) groups excluding carboxylic acids is 1. The fraction of sp³-hybridized carbons (Fsp3) is 0.429. The van der Waals surface area contributed by atoms with Crippen LogP contribution < -0.4 is 10.2 Å². The number of piperazine rings is 1. The van der Waals surface area contributed by atoms with Gasteiger partial charge in [-0.25, -0.2) is 13.4 Å². The highest BCUT2D eigenvalue weighted by Crippen LogP contribution is 2.14. The maximum atomic E-state index is 12.5. The molecule has 0 atom stereocenters. The van der Waals surface area contributed by atoms with Crippen LogP contribution in [-0.4, -0.2) is 62.1 Å². The normalized spacial score (nSPS) is 15.2. The van der Waals surface area contributed by atoms with E-state index in [0.29, 0.717) is 32.6 Å². The maximum Gasteiger partial charge on any atom is 0.220 e. The summed E-state index contributed by atoms with van der Waals surface area (Å²) in [6.45, 7) is 2.24. The lowest BCUT2D eigenvalue weighted by Crippen LogP contribution is -2.50. The number of aryl methyl sites for hydroxylation is 1. The molecule has 2 aromatic rings. The highest BCUT2D eigenvalue weighted by molar-refractivity contribution is 7.89. The van der Waals surface area contributed by atoms with Crippen molar-refractivity contribution in [1.82, 2.24) is 14.6 Å². The molecule has 1 aliphatic rings. The summed E-state index contributed by atoms with van der Waals surface area (Å²) in [7, 11) is -3.38. The number of anilines is 1. The fourth-order valence-corrected chi connectivity index (χ4v) is 4.71. The molecular formula is C21H28N4O3S. The van der Waals surface area contributed by atoms with E-state index in [9.17, 15) is 13.2 Å². The van der Waals surface area contributed by atoms with Crippen molar-refractivity contribution in [2.24, 2.45) is 0 Å². The standard InChI is InChI=1S/C21H28N4O3S/c26-21(11-6-9-19-7-2-1-3-8-19)23-13-18-29(27,28)25-16-14-24(15-17-25)20-10-4-5-12-22-20/h1-5,7-8,10,12H,6,9,11,13-18H2,(H,23,26). The molecule has 29 heavy (non-hydrogen) atoms. The molecule has 1 aromatic heterocycles. The summed E-state index contributed by atoms with van der Waals surface area (Å²) in [4.78, 5) is 18.4. The Bertz CT molecular complexity index is 867. The smallest absolute Gasteiger partial charge is 0.220 e. The van der Waals surface area contributed by atoms with Crippen LogP contribution in [0.4, 0.5) is 5.82 Å². The molecule has 1 aliphatic heterocycles. The molecule has 1 aromatic carbocycles. The van der Waals surface area contributed by atoms with E-state index in [1.54, 1.807) is 6.20 Å².